The molecule has 0 atom stereocenters. The molecule has 0 rings (SSSR count). The quantitative estimate of drug-likeness (QED) is 0.516. The molecule has 0 bridgehead atoms. The summed E-state index contributed by atoms with van der Waals surface area (Å²) in [6, 6.07) is 0. The first-order valence-corrected chi connectivity index (χ1v) is 14.1. The summed E-state index contributed by atoms with van der Waals surface area (Å²) in [4.78, 5) is 0. The molecule has 0 amide bonds. The number of hydrogen-bond acceptors (Lipinski definition) is 1. The van der Waals surface area contributed by atoms with Gasteiger partial charge in [-0.2, -0.15) is 0 Å². The van der Waals surface area contributed by atoms with Gasteiger partial charge in [-0.3, -0.25) is 0 Å². The second-order valence-corrected chi connectivity index (χ2v) is 16.4. The van der Waals surface area contributed by atoms with Crippen molar-refractivity contribution in [1.82, 2.24) is 0 Å². The standard InChI is InChI=1S/2C4H9.C3H7.C2H5O.Sn/c2*1-3-4-2;1-3-2;1-2-3;/h2*1,3-4H2,2H3;1,3H2,2H3;2H2,1H3;/q;;;-1;+1. The first-order valence-electron chi connectivity index (χ1n) is 6.88. The zero-order valence-electron chi connectivity index (χ0n) is 11.3. The fourth-order valence-electron chi connectivity index (χ4n) is 2.35. The first kappa shape index (κ1) is 15.8. The van der Waals surface area contributed by atoms with Crippen LogP contribution in [-0.2, 0) is 3.07 Å². The van der Waals surface area contributed by atoms with E-state index in [1.54, 1.807) is 0 Å². The van der Waals surface area contributed by atoms with Gasteiger partial charge in [0.1, 0.15) is 0 Å². The number of hydrogen-bond donors (Lipinski definition) is 0. The Balaban J connectivity index is 4.26. The third-order valence-corrected chi connectivity index (χ3v) is 16.9. The summed E-state index contributed by atoms with van der Waals surface area (Å²) in [6.45, 7) is 10.1. The Labute approximate surface area is 101 Å². The summed E-state index contributed by atoms with van der Waals surface area (Å²) in [5, 5.41) is 0. The molecule has 0 aliphatic carbocycles. The Morgan fingerprint density at radius 2 is 1.27 bits per heavy atom. The van der Waals surface area contributed by atoms with Crippen LogP contribution in [0.25, 0.3) is 0 Å². The first-order chi connectivity index (χ1) is 7.24. The average molecular weight is 321 g/mol. The topological polar surface area (TPSA) is 9.23 Å². The molecular weight excluding hydrogens is 291 g/mol. The van der Waals surface area contributed by atoms with Crippen LogP contribution in [0, 0.1) is 0 Å². The van der Waals surface area contributed by atoms with Crippen LogP contribution in [0.5, 0.6) is 0 Å². The fourth-order valence-corrected chi connectivity index (χ4v) is 15.8. The van der Waals surface area contributed by atoms with E-state index in [4.69, 9.17) is 3.07 Å². The van der Waals surface area contributed by atoms with Gasteiger partial charge < -0.3 is 0 Å². The Hall–Kier alpha value is 0.759. The van der Waals surface area contributed by atoms with Crippen LogP contribution in [0.1, 0.15) is 59.8 Å². The third-order valence-electron chi connectivity index (χ3n) is 3.13. The minimum atomic E-state index is -2.13. The molecule has 0 saturated heterocycles. The van der Waals surface area contributed by atoms with Crippen LogP contribution in [0.2, 0.25) is 13.3 Å². The van der Waals surface area contributed by atoms with Gasteiger partial charge in [-0.05, 0) is 0 Å². The van der Waals surface area contributed by atoms with Crippen LogP contribution in [-0.4, -0.2) is 25.4 Å². The second-order valence-electron chi connectivity index (χ2n) is 4.57. The summed E-state index contributed by atoms with van der Waals surface area (Å²) in [5.74, 6) is 0. The summed E-state index contributed by atoms with van der Waals surface area (Å²) in [7, 11) is 0. The molecule has 0 unspecified atom stereocenters. The van der Waals surface area contributed by atoms with Gasteiger partial charge in [0.2, 0.25) is 0 Å². The Kier molecular flexibility index (Phi) is 10.5. The maximum atomic E-state index is 6.28. The van der Waals surface area contributed by atoms with E-state index in [2.05, 4.69) is 27.7 Å². The molecule has 0 fully saturated rings. The van der Waals surface area contributed by atoms with Crippen molar-refractivity contribution in [3.63, 3.8) is 0 Å². The normalized spacial score (nSPS) is 12.0. The molecule has 0 aromatic heterocycles. The van der Waals surface area contributed by atoms with Gasteiger partial charge in [-0.15, -0.1) is 0 Å². The monoisotopic (exact) mass is 322 g/mol. The number of unbranched alkanes of at least 4 members (excludes halogenated alkanes) is 2. The molecule has 2 heteroatoms. The van der Waals surface area contributed by atoms with Gasteiger partial charge in [0.05, 0.1) is 0 Å². The van der Waals surface area contributed by atoms with Gasteiger partial charge in [-0.1, -0.05) is 0 Å². The predicted molar refractivity (Wildman–Crippen MR) is 71.9 cm³/mol. The van der Waals surface area contributed by atoms with Gasteiger partial charge in [-0.25, -0.2) is 0 Å². The van der Waals surface area contributed by atoms with Crippen LogP contribution in [0.4, 0.5) is 0 Å². The fraction of sp³-hybridized carbons (Fsp3) is 1.00. The molecule has 0 N–H and O–H groups in total. The van der Waals surface area contributed by atoms with Crippen molar-refractivity contribution in [2.75, 3.05) is 6.61 Å². The van der Waals surface area contributed by atoms with Gasteiger partial charge in [0, 0.05) is 0 Å². The SMILES string of the molecule is CCC[CH2][Sn]([CH2]CC)([CH2]CCC)[O]CC. The Bertz CT molecular complexity index is 120. The minimum absolute atomic E-state index is 0.962. The van der Waals surface area contributed by atoms with Crippen molar-refractivity contribution in [3.8, 4) is 0 Å². The van der Waals surface area contributed by atoms with Crippen LogP contribution in [0.15, 0.2) is 0 Å². The molecule has 0 spiro atoms. The van der Waals surface area contributed by atoms with E-state index >= 15 is 0 Å². The van der Waals surface area contributed by atoms with Crippen molar-refractivity contribution in [2.45, 2.75) is 73.1 Å². The van der Waals surface area contributed by atoms with Crippen molar-refractivity contribution in [3.05, 3.63) is 0 Å². The van der Waals surface area contributed by atoms with Gasteiger partial charge in [0.15, 0.2) is 0 Å². The van der Waals surface area contributed by atoms with Crippen molar-refractivity contribution in [1.29, 1.82) is 0 Å². The molecular formula is C13H30OSn. The van der Waals surface area contributed by atoms with Crippen molar-refractivity contribution in [2.24, 2.45) is 0 Å². The maximum absolute atomic E-state index is 6.28. The van der Waals surface area contributed by atoms with Crippen LogP contribution < -0.4 is 0 Å². The predicted octanol–water partition coefficient (Wildman–Crippen LogP) is 4.98. The van der Waals surface area contributed by atoms with E-state index in [-0.39, 0.29) is 0 Å². The summed E-state index contributed by atoms with van der Waals surface area (Å²) >= 11 is -2.13. The Morgan fingerprint density at radius 3 is 1.60 bits per heavy atom. The molecule has 0 aromatic rings. The van der Waals surface area contributed by atoms with E-state index in [1.807, 2.05) is 0 Å². The molecule has 15 heavy (non-hydrogen) atoms. The molecule has 0 saturated carbocycles. The van der Waals surface area contributed by atoms with Crippen LogP contribution in [0.3, 0.4) is 0 Å². The summed E-state index contributed by atoms with van der Waals surface area (Å²) in [5.41, 5.74) is 0. The van der Waals surface area contributed by atoms with Gasteiger partial charge >= 0.3 is 102 Å². The molecule has 0 aliphatic rings. The van der Waals surface area contributed by atoms with E-state index in [9.17, 15) is 0 Å². The zero-order chi connectivity index (χ0) is 11.6. The van der Waals surface area contributed by atoms with Crippen molar-refractivity contribution >= 4 is 18.8 Å². The molecule has 1 nitrogen and oxygen atoms in total. The molecule has 92 valence electrons. The average Bonchev–Trinajstić information content (AvgIpc) is 2.24. The van der Waals surface area contributed by atoms with E-state index in [0.29, 0.717) is 0 Å². The number of rotatable bonds is 10. The second kappa shape index (κ2) is 9.95. The molecule has 0 aromatic carbocycles. The third kappa shape index (κ3) is 6.83. The molecule has 0 radical (unpaired) electrons. The van der Waals surface area contributed by atoms with E-state index < -0.39 is 18.8 Å². The molecule has 0 heterocycles. The van der Waals surface area contributed by atoms with E-state index in [1.165, 1.54) is 45.4 Å². The zero-order valence-corrected chi connectivity index (χ0v) is 14.1. The summed E-state index contributed by atoms with van der Waals surface area (Å²) < 4.78 is 10.7. The van der Waals surface area contributed by atoms with E-state index in [0.717, 1.165) is 6.61 Å². The van der Waals surface area contributed by atoms with Crippen molar-refractivity contribution < 1.29 is 3.07 Å². The Morgan fingerprint density at radius 1 is 0.733 bits per heavy atom. The molecule has 0 aliphatic heterocycles. The summed E-state index contributed by atoms with van der Waals surface area (Å²) in [6.07, 6.45) is 6.81. The van der Waals surface area contributed by atoms with Gasteiger partial charge in [0.25, 0.3) is 0 Å². The van der Waals surface area contributed by atoms with Crippen LogP contribution >= 0.6 is 0 Å².